The molecule has 0 aliphatic carbocycles. The maximum absolute atomic E-state index is 12.4. The zero-order valence-electron chi connectivity index (χ0n) is 14.8. The Morgan fingerprint density at radius 2 is 2.00 bits per heavy atom. The molecule has 4 aromatic rings. The number of aromatic nitrogens is 3. The van der Waals surface area contributed by atoms with Crippen LogP contribution < -0.4 is 5.43 Å². The molecule has 0 aliphatic heterocycles. The number of aryl methyl sites for hydroxylation is 1. The van der Waals surface area contributed by atoms with Crippen LogP contribution >= 0.6 is 23.2 Å². The first kappa shape index (κ1) is 18.3. The number of benzene rings is 2. The van der Waals surface area contributed by atoms with Crippen molar-refractivity contribution in [2.75, 3.05) is 0 Å². The third kappa shape index (κ3) is 3.52. The number of rotatable bonds is 4. The number of carbonyl (C=O) groups is 1. The molecule has 140 valence electrons. The van der Waals surface area contributed by atoms with Crippen molar-refractivity contribution in [3.05, 3.63) is 75.5 Å². The highest BCUT2D eigenvalue weighted by Crippen LogP contribution is 2.29. The fraction of sp³-hybridized carbons (Fsp3) is 0.0500. The molecular weight excluding hydrogens is 397 g/mol. The first-order chi connectivity index (χ1) is 13.5. The number of fused-ring (bicyclic) bond motifs is 1. The zero-order chi connectivity index (χ0) is 19.7. The van der Waals surface area contributed by atoms with Gasteiger partial charge in [-0.2, -0.15) is 10.2 Å². The fourth-order valence-electron chi connectivity index (χ4n) is 2.95. The molecule has 4 rings (SSSR count). The van der Waals surface area contributed by atoms with E-state index < -0.39 is 5.91 Å². The Hall–Kier alpha value is -3.09. The minimum atomic E-state index is -0.411. The molecule has 8 heteroatoms. The van der Waals surface area contributed by atoms with Crippen LogP contribution in [0, 0.1) is 6.92 Å². The average molecular weight is 412 g/mol. The zero-order valence-corrected chi connectivity index (χ0v) is 16.3. The molecule has 0 atom stereocenters. The Balaban J connectivity index is 1.51. The normalized spacial score (nSPS) is 11.4. The summed E-state index contributed by atoms with van der Waals surface area (Å²) in [6.45, 7) is 1.96. The Morgan fingerprint density at radius 1 is 1.18 bits per heavy atom. The first-order valence-electron chi connectivity index (χ1n) is 8.44. The highest BCUT2D eigenvalue weighted by atomic mass is 35.5. The number of aromatic amines is 2. The summed E-state index contributed by atoms with van der Waals surface area (Å²) in [5.41, 5.74) is 6.84. The molecule has 0 unspecified atom stereocenters. The minimum absolute atomic E-state index is 0.263. The Morgan fingerprint density at radius 3 is 2.86 bits per heavy atom. The van der Waals surface area contributed by atoms with Gasteiger partial charge < -0.3 is 4.98 Å². The van der Waals surface area contributed by atoms with Crippen molar-refractivity contribution in [1.82, 2.24) is 20.6 Å². The molecular formula is C20H15Cl2N5O. The monoisotopic (exact) mass is 411 g/mol. The molecule has 0 saturated heterocycles. The largest absolute Gasteiger partial charge is 0.358 e. The van der Waals surface area contributed by atoms with E-state index in [1.807, 2.05) is 31.2 Å². The van der Waals surface area contributed by atoms with Crippen LogP contribution in [-0.2, 0) is 0 Å². The Bertz CT molecular complexity index is 1210. The van der Waals surface area contributed by atoms with E-state index in [0.717, 1.165) is 22.2 Å². The number of hydrogen-bond donors (Lipinski definition) is 3. The van der Waals surface area contributed by atoms with Crippen LogP contribution in [0.4, 0.5) is 0 Å². The van der Waals surface area contributed by atoms with Crippen LogP contribution in [0.15, 0.2) is 53.6 Å². The van der Waals surface area contributed by atoms with Gasteiger partial charge in [0, 0.05) is 32.7 Å². The second kappa shape index (κ2) is 7.50. The quantitative estimate of drug-likeness (QED) is 0.328. The van der Waals surface area contributed by atoms with Crippen molar-refractivity contribution in [2.24, 2.45) is 5.10 Å². The lowest BCUT2D eigenvalue weighted by molar-refractivity contribution is 0.0950. The van der Waals surface area contributed by atoms with Gasteiger partial charge in [-0.05, 0) is 37.3 Å². The fourth-order valence-corrected chi connectivity index (χ4v) is 3.34. The van der Waals surface area contributed by atoms with Crippen molar-refractivity contribution in [3.63, 3.8) is 0 Å². The number of nitrogens with zero attached hydrogens (tertiary/aromatic N) is 2. The highest BCUT2D eigenvalue weighted by Gasteiger charge is 2.13. The summed E-state index contributed by atoms with van der Waals surface area (Å²) in [6, 6.07) is 14.6. The van der Waals surface area contributed by atoms with Crippen molar-refractivity contribution < 1.29 is 4.79 Å². The summed E-state index contributed by atoms with van der Waals surface area (Å²) < 4.78 is 0. The molecule has 0 saturated carbocycles. The number of H-pyrrole nitrogens is 2. The third-order valence-electron chi connectivity index (χ3n) is 4.33. The van der Waals surface area contributed by atoms with E-state index in [9.17, 15) is 4.79 Å². The number of hydrazone groups is 1. The lowest BCUT2D eigenvalue weighted by atomic mass is 10.1. The topological polar surface area (TPSA) is 85.9 Å². The summed E-state index contributed by atoms with van der Waals surface area (Å²) in [4.78, 5) is 15.6. The molecule has 0 spiro atoms. The van der Waals surface area contributed by atoms with Crippen LogP contribution in [0.2, 0.25) is 10.0 Å². The second-order valence-electron chi connectivity index (χ2n) is 6.20. The molecule has 2 aromatic carbocycles. The molecule has 0 aliphatic rings. The SMILES string of the molecule is Cc1[nH]c2ccccc2c1C=NNC(=O)c1cc(-c2cc(Cl)ccc2Cl)n[nH]1. The number of nitrogens with one attached hydrogen (secondary N) is 3. The number of halogens is 2. The predicted octanol–water partition coefficient (Wildman–Crippen LogP) is 4.94. The van der Waals surface area contributed by atoms with Gasteiger partial charge in [-0.25, -0.2) is 5.43 Å². The van der Waals surface area contributed by atoms with Gasteiger partial charge in [0.1, 0.15) is 5.69 Å². The van der Waals surface area contributed by atoms with Gasteiger partial charge in [0.05, 0.1) is 16.9 Å². The van der Waals surface area contributed by atoms with E-state index in [1.54, 1.807) is 30.5 Å². The van der Waals surface area contributed by atoms with E-state index >= 15 is 0 Å². The smallest absolute Gasteiger partial charge is 0.289 e. The minimum Gasteiger partial charge on any atom is -0.358 e. The molecule has 0 radical (unpaired) electrons. The Kier molecular flexibility index (Phi) is 4.90. The number of para-hydroxylation sites is 1. The molecule has 0 fully saturated rings. The number of amides is 1. The molecule has 6 nitrogen and oxygen atoms in total. The summed E-state index contributed by atoms with van der Waals surface area (Å²) >= 11 is 12.2. The van der Waals surface area contributed by atoms with Crippen LogP contribution in [0.25, 0.3) is 22.2 Å². The summed E-state index contributed by atoms with van der Waals surface area (Å²) in [7, 11) is 0. The van der Waals surface area contributed by atoms with E-state index in [4.69, 9.17) is 23.2 Å². The third-order valence-corrected chi connectivity index (χ3v) is 4.89. The lowest BCUT2D eigenvalue weighted by Crippen LogP contribution is -2.18. The van der Waals surface area contributed by atoms with Crippen LogP contribution in [0.1, 0.15) is 21.7 Å². The van der Waals surface area contributed by atoms with E-state index in [1.165, 1.54) is 0 Å². The van der Waals surface area contributed by atoms with Crippen molar-refractivity contribution in [2.45, 2.75) is 6.92 Å². The van der Waals surface area contributed by atoms with Gasteiger partial charge in [0.2, 0.25) is 0 Å². The van der Waals surface area contributed by atoms with Gasteiger partial charge in [-0.1, -0.05) is 41.4 Å². The second-order valence-corrected chi connectivity index (χ2v) is 7.04. The maximum Gasteiger partial charge on any atom is 0.289 e. The van der Waals surface area contributed by atoms with E-state index in [0.29, 0.717) is 21.3 Å². The standard InChI is InChI=1S/C20H15Cl2N5O/c1-11-15(13-4-2-3-5-17(13)24-11)10-23-27-20(28)19-9-18(25-26-19)14-8-12(21)6-7-16(14)22/h2-10,24H,1H3,(H,25,26)(H,27,28). The highest BCUT2D eigenvalue weighted by molar-refractivity contribution is 6.35. The van der Waals surface area contributed by atoms with Gasteiger partial charge in [-0.3, -0.25) is 9.89 Å². The predicted molar refractivity (Wildman–Crippen MR) is 112 cm³/mol. The molecule has 3 N–H and O–H groups in total. The van der Waals surface area contributed by atoms with Crippen molar-refractivity contribution in [3.8, 4) is 11.3 Å². The summed E-state index contributed by atoms with van der Waals surface area (Å²) in [5.74, 6) is -0.411. The van der Waals surface area contributed by atoms with Crippen molar-refractivity contribution in [1.29, 1.82) is 0 Å². The average Bonchev–Trinajstić information content (AvgIpc) is 3.29. The summed E-state index contributed by atoms with van der Waals surface area (Å²) in [6.07, 6.45) is 1.62. The molecule has 2 heterocycles. The van der Waals surface area contributed by atoms with Crippen LogP contribution in [0.3, 0.4) is 0 Å². The summed E-state index contributed by atoms with van der Waals surface area (Å²) in [5, 5.41) is 13.0. The van der Waals surface area contributed by atoms with Crippen LogP contribution in [0.5, 0.6) is 0 Å². The Labute approximate surface area is 170 Å². The molecule has 2 aromatic heterocycles. The molecule has 28 heavy (non-hydrogen) atoms. The van der Waals surface area contributed by atoms with E-state index in [2.05, 4.69) is 25.7 Å². The number of carbonyl (C=O) groups excluding carboxylic acids is 1. The lowest BCUT2D eigenvalue weighted by Gasteiger charge is -2.00. The first-order valence-corrected chi connectivity index (χ1v) is 9.20. The van der Waals surface area contributed by atoms with E-state index in [-0.39, 0.29) is 5.69 Å². The van der Waals surface area contributed by atoms with Gasteiger partial charge in [0.15, 0.2) is 0 Å². The molecule has 1 amide bonds. The van der Waals surface area contributed by atoms with Crippen molar-refractivity contribution >= 4 is 46.2 Å². The van der Waals surface area contributed by atoms with Gasteiger partial charge in [0.25, 0.3) is 5.91 Å². The molecule has 0 bridgehead atoms. The number of hydrogen-bond acceptors (Lipinski definition) is 3. The van der Waals surface area contributed by atoms with Gasteiger partial charge in [-0.15, -0.1) is 0 Å². The maximum atomic E-state index is 12.4. The van der Waals surface area contributed by atoms with Gasteiger partial charge >= 0.3 is 0 Å². The van der Waals surface area contributed by atoms with Crippen LogP contribution in [-0.4, -0.2) is 27.3 Å².